The average molecular weight is 321 g/mol. The number of benzene rings is 2. The van der Waals surface area contributed by atoms with Crippen molar-refractivity contribution in [1.82, 2.24) is 0 Å². The normalized spacial score (nSPS) is 9.91. The molecular formula is C15H13ClN2O4. The fourth-order valence-electron chi connectivity index (χ4n) is 1.79. The first-order valence-corrected chi connectivity index (χ1v) is 6.63. The lowest BCUT2D eigenvalue weighted by atomic mass is 10.2. The molecule has 0 saturated carbocycles. The number of anilines is 2. The van der Waals surface area contributed by atoms with Gasteiger partial charge in [-0.1, -0.05) is 29.8 Å². The van der Waals surface area contributed by atoms with Crippen LogP contribution in [0.15, 0.2) is 42.5 Å². The van der Waals surface area contributed by atoms with E-state index in [1.807, 2.05) is 6.07 Å². The zero-order valence-electron chi connectivity index (χ0n) is 11.6. The number of ether oxygens (including phenoxy) is 1. The number of amides is 2. The summed E-state index contributed by atoms with van der Waals surface area (Å²) >= 11 is 5.99. The van der Waals surface area contributed by atoms with Gasteiger partial charge in [-0.25, -0.2) is 9.59 Å². The zero-order chi connectivity index (χ0) is 16.1. The summed E-state index contributed by atoms with van der Waals surface area (Å²) in [4.78, 5) is 23.0. The summed E-state index contributed by atoms with van der Waals surface area (Å²) in [5.74, 6) is -1.06. The highest BCUT2D eigenvalue weighted by atomic mass is 35.5. The van der Waals surface area contributed by atoms with Crippen molar-refractivity contribution in [2.75, 3.05) is 17.7 Å². The lowest BCUT2D eigenvalue weighted by Gasteiger charge is -2.12. The molecular weight excluding hydrogens is 308 g/mol. The number of urea groups is 1. The molecule has 0 aliphatic carbocycles. The number of hydrogen-bond donors (Lipinski definition) is 3. The molecule has 3 N–H and O–H groups in total. The summed E-state index contributed by atoms with van der Waals surface area (Å²) < 4.78 is 4.99. The van der Waals surface area contributed by atoms with E-state index in [0.29, 0.717) is 5.69 Å². The smallest absolute Gasteiger partial charge is 0.339 e. The number of carboxylic acids is 1. The number of carbonyl (C=O) groups is 2. The number of hydrogen-bond acceptors (Lipinski definition) is 3. The lowest BCUT2D eigenvalue weighted by molar-refractivity contribution is 0.0693. The zero-order valence-corrected chi connectivity index (χ0v) is 12.3. The van der Waals surface area contributed by atoms with Crippen LogP contribution in [0.4, 0.5) is 16.2 Å². The molecule has 0 radical (unpaired) electrons. The molecule has 6 nitrogen and oxygen atoms in total. The Bertz CT molecular complexity index is 704. The fourth-order valence-corrected chi connectivity index (χ4v) is 2.00. The van der Waals surface area contributed by atoms with E-state index in [4.69, 9.17) is 21.4 Å². The van der Waals surface area contributed by atoms with Crippen LogP contribution in [-0.2, 0) is 0 Å². The highest BCUT2D eigenvalue weighted by Gasteiger charge is 2.16. The van der Waals surface area contributed by atoms with Gasteiger partial charge in [-0.3, -0.25) is 0 Å². The highest BCUT2D eigenvalue weighted by molar-refractivity contribution is 6.34. The molecule has 0 aliphatic rings. The molecule has 0 unspecified atom stereocenters. The molecule has 0 aliphatic heterocycles. The number of halogens is 1. The van der Waals surface area contributed by atoms with Gasteiger partial charge < -0.3 is 20.5 Å². The molecule has 0 aromatic heterocycles. The Morgan fingerprint density at radius 3 is 2.41 bits per heavy atom. The van der Waals surface area contributed by atoms with Gasteiger partial charge in [0.15, 0.2) is 0 Å². The van der Waals surface area contributed by atoms with E-state index >= 15 is 0 Å². The monoisotopic (exact) mass is 320 g/mol. The molecule has 0 heterocycles. The van der Waals surface area contributed by atoms with Gasteiger partial charge in [-0.05, 0) is 18.2 Å². The van der Waals surface area contributed by atoms with Crippen LogP contribution in [0.1, 0.15) is 10.4 Å². The third kappa shape index (κ3) is 3.67. The fraction of sp³-hybridized carbons (Fsp3) is 0.0667. The predicted octanol–water partition coefficient (Wildman–Crippen LogP) is 3.69. The molecule has 0 fully saturated rings. The lowest BCUT2D eigenvalue weighted by Crippen LogP contribution is -2.19. The third-order valence-electron chi connectivity index (χ3n) is 2.80. The van der Waals surface area contributed by atoms with Gasteiger partial charge in [0.05, 0.1) is 17.8 Å². The summed E-state index contributed by atoms with van der Waals surface area (Å²) in [6.45, 7) is 0. The van der Waals surface area contributed by atoms with Crippen LogP contribution in [0.2, 0.25) is 5.02 Å². The van der Waals surface area contributed by atoms with Crippen molar-refractivity contribution in [2.45, 2.75) is 0 Å². The predicted molar refractivity (Wildman–Crippen MR) is 84.0 cm³/mol. The molecule has 22 heavy (non-hydrogen) atoms. The number of carbonyl (C=O) groups excluding carboxylic acids is 1. The Morgan fingerprint density at radius 2 is 1.82 bits per heavy atom. The molecule has 0 atom stereocenters. The van der Waals surface area contributed by atoms with E-state index in [2.05, 4.69) is 10.6 Å². The number of rotatable bonds is 4. The Hall–Kier alpha value is -2.73. The molecule has 0 saturated heterocycles. The van der Waals surface area contributed by atoms with Crippen molar-refractivity contribution in [3.8, 4) is 5.75 Å². The maximum absolute atomic E-state index is 11.9. The van der Waals surface area contributed by atoms with Crippen LogP contribution in [0.5, 0.6) is 5.75 Å². The Balaban J connectivity index is 2.19. The van der Waals surface area contributed by atoms with Crippen molar-refractivity contribution in [3.63, 3.8) is 0 Å². The van der Waals surface area contributed by atoms with E-state index in [0.717, 1.165) is 0 Å². The Morgan fingerprint density at radius 1 is 1.14 bits per heavy atom. The van der Waals surface area contributed by atoms with E-state index < -0.39 is 12.0 Å². The van der Waals surface area contributed by atoms with E-state index in [1.165, 1.54) is 19.2 Å². The summed E-state index contributed by atoms with van der Waals surface area (Å²) in [6.07, 6.45) is 0. The minimum atomic E-state index is -1.17. The van der Waals surface area contributed by atoms with Crippen LogP contribution in [0, 0.1) is 0 Å². The number of aromatic carboxylic acids is 1. The van der Waals surface area contributed by atoms with Crippen molar-refractivity contribution < 1.29 is 19.4 Å². The molecule has 0 spiro atoms. The van der Waals surface area contributed by atoms with E-state index in [-0.39, 0.29) is 22.0 Å². The first-order chi connectivity index (χ1) is 10.5. The van der Waals surface area contributed by atoms with Crippen LogP contribution in [0.3, 0.4) is 0 Å². The average Bonchev–Trinajstić information content (AvgIpc) is 2.49. The van der Waals surface area contributed by atoms with Gasteiger partial charge in [-0.15, -0.1) is 0 Å². The first kappa shape index (κ1) is 15.7. The summed E-state index contributed by atoms with van der Waals surface area (Å²) in [5.41, 5.74) is 0.781. The topological polar surface area (TPSA) is 87.7 Å². The van der Waals surface area contributed by atoms with Crippen molar-refractivity contribution in [3.05, 3.63) is 53.1 Å². The standard InChI is InChI=1S/C15H13ClN2O4/c1-22-13-8-12(11(16)7-10(13)14(19)20)18-15(21)17-9-5-3-2-4-6-9/h2-8H,1H3,(H,19,20)(H2,17,18,21). The van der Waals surface area contributed by atoms with Gasteiger partial charge >= 0.3 is 12.0 Å². The first-order valence-electron chi connectivity index (χ1n) is 6.25. The summed E-state index contributed by atoms with van der Waals surface area (Å²) in [7, 11) is 1.34. The minimum Gasteiger partial charge on any atom is -0.496 e. The minimum absolute atomic E-state index is 0.0819. The summed E-state index contributed by atoms with van der Waals surface area (Å²) in [6, 6.07) is 10.9. The molecule has 7 heteroatoms. The van der Waals surface area contributed by atoms with Crippen LogP contribution in [0.25, 0.3) is 0 Å². The highest BCUT2D eigenvalue weighted by Crippen LogP contribution is 2.31. The number of nitrogens with one attached hydrogen (secondary N) is 2. The molecule has 2 amide bonds. The van der Waals surface area contributed by atoms with Gasteiger partial charge in [-0.2, -0.15) is 0 Å². The Labute approximate surface area is 131 Å². The van der Waals surface area contributed by atoms with Crippen molar-refractivity contribution in [2.24, 2.45) is 0 Å². The second kappa shape index (κ2) is 6.82. The van der Waals surface area contributed by atoms with Gasteiger partial charge in [0, 0.05) is 11.8 Å². The van der Waals surface area contributed by atoms with Crippen molar-refractivity contribution >= 4 is 35.0 Å². The van der Waals surface area contributed by atoms with Gasteiger partial charge in [0.2, 0.25) is 0 Å². The van der Waals surface area contributed by atoms with Crippen molar-refractivity contribution in [1.29, 1.82) is 0 Å². The number of carboxylic acid groups (broad SMARTS) is 1. The van der Waals surface area contributed by atoms with Gasteiger partial charge in [0.1, 0.15) is 11.3 Å². The van der Waals surface area contributed by atoms with E-state index in [1.54, 1.807) is 24.3 Å². The van der Waals surface area contributed by atoms with Crippen LogP contribution < -0.4 is 15.4 Å². The van der Waals surface area contributed by atoms with Crippen LogP contribution >= 0.6 is 11.6 Å². The third-order valence-corrected chi connectivity index (χ3v) is 3.11. The number of methoxy groups -OCH3 is 1. The molecule has 2 aromatic rings. The molecule has 114 valence electrons. The maximum atomic E-state index is 11.9. The maximum Gasteiger partial charge on any atom is 0.339 e. The van der Waals surface area contributed by atoms with Gasteiger partial charge in [0.25, 0.3) is 0 Å². The SMILES string of the molecule is COc1cc(NC(=O)Nc2ccccc2)c(Cl)cc1C(=O)O. The van der Waals surface area contributed by atoms with E-state index in [9.17, 15) is 9.59 Å². The Kier molecular flexibility index (Phi) is 4.85. The number of para-hydroxylation sites is 1. The largest absolute Gasteiger partial charge is 0.496 e. The van der Waals surface area contributed by atoms with Crippen LogP contribution in [-0.4, -0.2) is 24.2 Å². The second-order valence-corrected chi connectivity index (χ2v) is 4.69. The second-order valence-electron chi connectivity index (χ2n) is 4.28. The molecule has 2 aromatic carbocycles. The molecule has 0 bridgehead atoms. The molecule has 2 rings (SSSR count). The summed E-state index contributed by atoms with van der Waals surface area (Å²) in [5, 5.41) is 14.3. The quantitative estimate of drug-likeness (QED) is 0.801.